The summed E-state index contributed by atoms with van der Waals surface area (Å²) in [6, 6.07) is 20.3. The van der Waals surface area contributed by atoms with Gasteiger partial charge in [-0.25, -0.2) is 0 Å². The molecule has 3 aromatic heterocycles. The quantitative estimate of drug-likeness (QED) is 0.170. The maximum absolute atomic E-state index is 13.6. The van der Waals surface area contributed by atoms with Crippen molar-refractivity contribution < 1.29 is 9.30 Å². The van der Waals surface area contributed by atoms with Crippen LogP contribution in [0.3, 0.4) is 0 Å². The van der Waals surface area contributed by atoms with Crippen molar-refractivity contribution in [1.82, 2.24) is 29.8 Å². The van der Waals surface area contributed by atoms with E-state index >= 15 is 0 Å². The number of likely N-dealkylation sites (N-methyl/N-ethyl adjacent to an activating group) is 1. The molecular weight excluding hydrogens is 597 g/mol. The number of hydrogen-bond donors (Lipinski definition) is 3. The Hall–Kier alpha value is -4.99. The minimum absolute atomic E-state index is 0.375. The number of anilines is 5. The third-order valence-corrected chi connectivity index (χ3v) is 9.84. The van der Waals surface area contributed by atoms with Gasteiger partial charge in [0, 0.05) is 62.1 Å². The van der Waals surface area contributed by atoms with E-state index in [-0.39, 0.29) is 0 Å². The zero-order valence-corrected chi connectivity index (χ0v) is 27.2. The Kier molecular flexibility index (Phi) is 7.80. The van der Waals surface area contributed by atoms with Gasteiger partial charge in [-0.1, -0.05) is 30.3 Å². The Morgan fingerprint density at radius 1 is 0.891 bits per heavy atom. The van der Waals surface area contributed by atoms with E-state index in [1.54, 1.807) is 32.8 Å². The predicted octanol–water partition coefficient (Wildman–Crippen LogP) is 6.06. The summed E-state index contributed by atoms with van der Waals surface area (Å²) in [4.78, 5) is 26.6. The summed E-state index contributed by atoms with van der Waals surface area (Å²) in [5.41, 5.74) is 6.67. The van der Waals surface area contributed by atoms with E-state index in [0.717, 1.165) is 54.1 Å². The molecule has 0 amide bonds. The van der Waals surface area contributed by atoms with E-state index in [1.807, 2.05) is 30.5 Å². The van der Waals surface area contributed by atoms with Crippen molar-refractivity contribution in [3.63, 3.8) is 0 Å². The second kappa shape index (κ2) is 12.1. The van der Waals surface area contributed by atoms with E-state index < -0.39 is 7.14 Å². The van der Waals surface area contributed by atoms with Crippen molar-refractivity contribution in [3.8, 4) is 16.9 Å². The fourth-order valence-electron chi connectivity index (χ4n) is 6.00. The average Bonchev–Trinajstić information content (AvgIpc) is 3.54. The summed E-state index contributed by atoms with van der Waals surface area (Å²) < 4.78 is 19.5. The van der Waals surface area contributed by atoms with E-state index in [2.05, 4.69) is 78.8 Å². The molecule has 3 N–H and O–H groups in total. The molecular formula is C34H36N9O2P. The summed E-state index contributed by atoms with van der Waals surface area (Å²) in [6.07, 6.45) is 5.08. The van der Waals surface area contributed by atoms with Crippen LogP contribution in [0.15, 0.2) is 79.3 Å². The number of aromatic nitrogens is 5. The molecule has 1 fully saturated rings. The zero-order chi connectivity index (χ0) is 31.8. The molecule has 1 aliphatic heterocycles. The molecule has 1 aliphatic rings. The molecule has 7 rings (SSSR count). The van der Waals surface area contributed by atoms with Gasteiger partial charge in [0.05, 0.1) is 34.7 Å². The lowest BCUT2D eigenvalue weighted by molar-refractivity contribution is 0.313. The van der Waals surface area contributed by atoms with Crippen molar-refractivity contribution in [1.29, 1.82) is 0 Å². The van der Waals surface area contributed by atoms with Crippen LogP contribution in [0.1, 0.15) is 0 Å². The fourth-order valence-corrected chi connectivity index (χ4v) is 7.39. The van der Waals surface area contributed by atoms with Crippen LogP contribution in [0.2, 0.25) is 0 Å². The molecule has 0 aliphatic carbocycles. The Labute approximate surface area is 267 Å². The maximum atomic E-state index is 13.6. The molecule has 3 aromatic carbocycles. The Balaban J connectivity index is 1.31. The van der Waals surface area contributed by atoms with Crippen LogP contribution in [0, 0.1) is 0 Å². The molecule has 1 saturated heterocycles. The highest BCUT2D eigenvalue weighted by molar-refractivity contribution is 7.71. The van der Waals surface area contributed by atoms with E-state index in [9.17, 15) is 4.57 Å². The van der Waals surface area contributed by atoms with Crippen molar-refractivity contribution in [2.75, 3.05) is 69.2 Å². The van der Waals surface area contributed by atoms with Crippen molar-refractivity contribution in [3.05, 3.63) is 79.3 Å². The molecule has 234 valence electrons. The maximum Gasteiger partial charge on any atom is 0.231 e. The van der Waals surface area contributed by atoms with Crippen LogP contribution >= 0.6 is 7.14 Å². The number of piperazine rings is 1. The fraction of sp³-hybridized carbons (Fsp3) is 0.235. The number of benzene rings is 3. The number of rotatable bonds is 8. The van der Waals surface area contributed by atoms with Crippen LogP contribution in [-0.2, 0) is 4.57 Å². The topological polar surface area (TPSA) is 124 Å². The number of nitrogens with one attached hydrogen (secondary N) is 3. The first kappa shape index (κ1) is 29.7. The van der Waals surface area contributed by atoms with Crippen LogP contribution in [0.5, 0.6) is 5.75 Å². The highest BCUT2D eigenvalue weighted by atomic mass is 31.2. The van der Waals surface area contributed by atoms with Gasteiger partial charge >= 0.3 is 0 Å². The van der Waals surface area contributed by atoms with Gasteiger partial charge in [0.25, 0.3) is 0 Å². The summed E-state index contributed by atoms with van der Waals surface area (Å²) in [7, 11) is 1.06. The largest absolute Gasteiger partial charge is 0.494 e. The number of hydrogen-bond acceptors (Lipinski definition) is 10. The standard InChI is InChI=1S/C34H36N9O2P/c1-42-16-18-43(19-17-42)28-21-29(45-2)27(20-24(28)22-8-6-5-7-9-22)39-34-40-32-23(12-13-37-32)33(41-34)38-26-11-10-25-30(36-15-14-35-25)31(26)46(3,4)44/h5-15,20-21H,16-19H2,1-4H3,(H3,37,38,39,40,41). The first-order valence-electron chi connectivity index (χ1n) is 15.2. The third-order valence-electron chi connectivity index (χ3n) is 8.31. The van der Waals surface area contributed by atoms with Crippen LogP contribution in [0.4, 0.5) is 28.8 Å². The molecule has 0 saturated carbocycles. The van der Waals surface area contributed by atoms with Gasteiger partial charge < -0.3 is 34.7 Å². The van der Waals surface area contributed by atoms with Crippen LogP contribution in [0.25, 0.3) is 33.2 Å². The number of aromatic amines is 1. The molecule has 4 heterocycles. The Morgan fingerprint density at radius 3 is 2.43 bits per heavy atom. The number of ether oxygens (including phenoxy) is 1. The number of H-pyrrole nitrogens is 1. The van der Waals surface area contributed by atoms with E-state index in [1.165, 1.54) is 0 Å². The average molecular weight is 634 g/mol. The molecule has 0 unspecified atom stereocenters. The van der Waals surface area contributed by atoms with Gasteiger partial charge in [-0.3, -0.25) is 9.97 Å². The monoisotopic (exact) mass is 633 g/mol. The first-order valence-corrected chi connectivity index (χ1v) is 17.8. The molecule has 0 spiro atoms. The molecule has 0 radical (unpaired) electrons. The van der Waals surface area contributed by atoms with Gasteiger partial charge in [-0.15, -0.1) is 0 Å². The summed E-state index contributed by atoms with van der Waals surface area (Å²) in [5.74, 6) is 1.62. The van der Waals surface area contributed by atoms with E-state index in [4.69, 9.17) is 14.7 Å². The summed E-state index contributed by atoms with van der Waals surface area (Å²) >= 11 is 0. The zero-order valence-electron chi connectivity index (χ0n) is 26.3. The molecule has 6 aromatic rings. The lowest BCUT2D eigenvalue weighted by Gasteiger charge is -2.35. The van der Waals surface area contributed by atoms with Crippen molar-refractivity contribution >= 4 is 63.3 Å². The molecule has 0 atom stereocenters. The van der Waals surface area contributed by atoms with Crippen LogP contribution in [-0.4, -0.2) is 83.5 Å². The SMILES string of the molecule is COc1cc(N2CCN(C)CC2)c(-c2ccccc2)cc1Nc1nc(Nc2ccc3nccnc3c2P(C)(C)=O)c2cc[nH]c2n1. The molecule has 12 heteroatoms. The minimum Gasteiger partial charge on any atom is -0.494 e. The summed E-state index contributed by atoms with van der Waals surface area (Å²) in [6.45, 7) is 7.32. The number of methoxy groups -OCH3 is 1. The van der Waals surface area contributed by atoms with E-state index in [0.29, 0.717) is 45.2 Å². The third kappa shape index (κ3) is 5.75. The lowest BCUT2D eigenvalue weighted by Crippen LogP contribution is -2.44. The smallest absolute Gasteiger partial charge is 0.231 e. The summed E-state index contributed by atoms with van der Waals surface area (Å²) in [5, 5.41) is 8.32. The minimum atomic E-state index is -2.77. The molecule has 0 bridgehead atoms. The van der Waals surface area contributed by atoms with Gasteiger partial charge in [0.1, 0.15) is 29.9 Å². The number of nitrogens with zero attached hydrogens (tertiary/aromatic N) is 6. The predicted molar refractivity (Wildman–Crippen MR) is 187 cm³/mol. The van der Waals surface area contributed by atoms with Gasteiger partial charge in [-0.2, -0.15) is 9.97 Å². The van der Waals surface area contributed by atoms with Crippen LogP contribution < -0.4 is 25.6 Å². The Bertz CT molecular complexity index is 2090. The van der Waals surface area contributed by atoms with Gasteiger partial charge in [0.2, 0.25) is 5.95 Å². The Morgan fingerprint density at radius 2 is 1.67 bits per heavy atom. The molecule has 46 heavy (non-hydrogen) atoms. The lowest BCUT2D eigenvalue weighted by atomic mass is 10.0. The van der Waals surface area contributed by atoms with Gasteiger partial charge in [0.15, 0.2) is 0 Å². The highest BCUT2D eigenvalue weighted by Crippen LogP contribution is 2.43. The second-order valence-electron chi connectivity index (χ2n) is 11.8. The number of fused-ring (bicyclic) bond motifs is 2. The first-order chi connectivity index (χ1) is 22.3. The molecule has 11 nitrogen and oxygen atoms in total. The normalized spacial score (nSPS) is 14.1. The van der Waals surface area contributed by atoms with Crippen molar-refractivity contribution in [2.45, 2.75) is 0 Å². The highest BCUT2D eigenvalue weighted by Gasteiger charge is 2.24. The van der Waals surface area contributed by atoms with Gasteiger partial charge in [-0.05, 0) is 50.2 Å². The van der Waals surface area contributed by atoms with Crippen molar-refractivity contribution in [2.24, 2.45) is 0 Å². The second-order valence-corrected chi connectivity index (χ2v) is 15.0.